The molecule has 24 heavy (non-hydrogen) atoms. The third-order valence-electron chi connectivity index (χ3n) is 3.67. The van der Waals surface area contributed by atoms with Gasteiger partial charge < -0.3 is 5.32 Å². The van der Waals surface area contributed by atoms with Crippen molar-refractivity contribution in [3.05, 3.63) is 75.9 Å². The molecule has 1 N–H and O–H groups in total. The number of imide groups is 1. The molecule has 0 aromatic heterocycles. The quantitative estimate of drug-likeness (QED) is 0.508. The van der Waals surface area contributed by atoms with E-state index in [0.717, 1.165) is 16.0 Å². The number of carbonyl (C=O) groups excluding carboxylic acids is 2. The van der Waals surface area contributed by atoms with Gasteiger partial charge in [-0.3, -0.25) is 9.59 Å². The normalized spacial score (nSPS) is 15.8. The summed E-state index contributed by atoms with van der Waals surface area (Å²) < 4.78 is 0. The molecule has 0 radical (unpaired) electrons. The summed E-state index contributed by atoms with van der Waals surface area (Å²) in [6.07, 6.45) is 1.68. The maximum absolute atomic E-state index is 12.6. The number of halogens is 1. The highest BCUT2D eigenvalue weighted by Gasteiger charge is 2.36. The van der Waals surface area contributed by atoms with Gasteiger partial charge in [0.2, 0.25) is 0 Å². The highest BCUT2D eigenvalue weighted by molar-refractivity contribution is 7.80. The number of hydrogen-bond donors (Lipinski definition) is 1. The predicted molar refractivity (Wildman–Crippen MR) is 97.5 cm³/mol. The van der Waals surface area contributed by atoms with Crippen molar-refractivity contribution in [1.82, 2.24) is 10.2 Å². The van der Waals surface area contributed by atoms with Gasteiger partial charge in [-0.1, -0.05) is 48.0 Å². The first-order valence-corrected chi connectivity index (χ1v) is 7.99. The molecule has 1 fully saturated rings. The third kappa shape index (κ3) is 2.96. The van der Waals surface area contributed by atoms with Gasteiger partial charge in [-0.05, 0) is 48.5 Å². The molecule has 2 aromatic rings. The van der Waals surface area contributed by atoms with Crippen molar-refractivity contribution >= 4 is 46.8 Å². The van der Waals surface area contributed by atoms with Gasteiger partial charge in [0.25, 0.3) is 11.8 Å². The van der Waals surface area contributed by atoms with Gasteiger partial charge in [-0.25, -0.2) is 4.90 Å². The summed E-state index contributed by atoms with van der Waals surface area (Å²) in [5.74, 6) is -1.04. The van der Waals surface area contributed by atoms with Crippen LogP contribution in [0.3, 0.4) is 0 Å². The second-order valence-corrected chi connectivity index (χ2v) is 6.06. The van der Waals surface area contributed by atoms with Crippen LogP contribution in [0, 0.1) is 6.92 Å². The van der Waals surface area contributed by atoms with E-state index in [9.17, 15) is 9.59 Å². The van der Waals surface area contributed by atoms with Crippen molar-refractivity contribution in [3.8, 4) is 0 Å². The number of carbonyl (C=O) groups is 2. The Hall–Kier alpha value is -2.50. The van der Waals surface area contributed by atoms with Gasteiger partial charge in [0.15, 0.2) is 5.11 Å². The van der Waals surface area contributed by atoms with Crippen LogP contribution in [0.2, 0.25) is 5.02 Å². The molecule has 1 heterocycles. The van der Waals surface area contributed by atoms with Gasteiger partial charge in [0.1, 0.15) is 5.70 Å². The van der Waals surface area contributed by atoms with Gasteiger partial charge >= 0.3 is 0 Å². The van der Waals surface area contributed by atoms with Crippen molar-refractivity contribution in [2.45, 2.75) is 6.92 Å². The number of benzene rings is 2. The first-order chi connectivity index (χ1) is 11.5. The van der Waals surface area contributed by atoms with Crippen LogP contribution in [-0.4, -0.2) is 21.8 Å². The number of thiocarbonyl (C=S) groups is 1. The van der Waals surface area contributed by atoms with Crippen LogP contribution in [0.15, 0.2) is 54.2 Å². The summed E-state index contributed by atoms with van der Waals surface area (Å²) in [4.78, 5) is 26.2. The minimum atomic E-state index is -0.545. The van der Waals surface area contributed by atoms with Crippen LogP contribution >= 0.6 is 23.8 Å². The Morgan fingerprint density at radius 1 is 1.17 bits per heavy atom. The molecular weight excluding hydrogens is 344 g/mol. The van der Waals surface area contributed by atoms with Crippen LogP contribution in [0.4, 0.5) is 0 Å². The summed E-state index contributed by atoms with van der Waals surface area (Å²) in [6.45, 7) is 1.94. The molecular formula is C18H13ClN2O2S. The lowest BCUT2D eigenvalue weighted by atomic mass is 10.1. The highest BCUT2D eigenvalue weighted by Crippen LogP contribution is 2.22. The van der Waals surface area contributed by atoms with E-state index in [1.807, 2.05) is 31.2 Å². The first-order valence-electron chi connectivity index (χ1n) is 7.20. The second-order valence-electron chi connectivity index (χ2n) is 5.27. The van der Waals surface area contributed by atoms with E-state index >= 15 is 0 Å². The molecule has 3 rings (SSSR count). The van der Waals surface area contributed by atoms with Crippen LogP contribution in [0.25, 0.3) is 6.08 Å². The second kappa shape index (κ2) is 6.55. The Balaban J connectivity index is 1.94. The van der Waals surface area contributed by atoms with Crippen molar-refractivity contribution in [2.24, 2.45) is 0 Å². The average molecular weight is 357 g/mol. The predicted octanol–water partition coefficient (Wildman–Crippen LogP) is 3.55. The Bertz CT molecular complexity index is 892. The standard InChI is InChI=1S/C18H13ClN2O2S/c1-11-6-2-3-7-12(11)10-15-17(23)21(18(24)20-15)16(22)13-8-4-5-9-14(13)19/h2-10H,1H3,(H,20,24)/b15-10-. The van der Waals surface area contributed by atoms with E-state index in [0.29, 0.717) is 0 Å². The molecule has 120 valence electrons. The van der Waals surface area contributed by atoms with E-state index < -0.39 is 11.8 Å². The lowest BCUT2D eigenvalue weighted by molar-refractivity contribution is -0.120. The van der Waals surface area contributed by atoms with Crippen molar-refractivity contribution in [1.29, 1.82) is 0 Å². The largest absolute Gasteiger partial charge is 0.327 e. The fraction of sp³-hybridized carbons (Fsp3) is 0.0556. The Labute approximate surface area is 149 Å². The molecule has 0 saturated carbocycles. The maximum Gasteiger partial charge on any atom is 0.283 e. The molecule has 2 amide bonds. The van der Waals surface area contributed by atoms with Crippen LogP contribution in [0.1, 0.15) is 21.5 Å². The van der Waals surface area contributed by atoms with Gasteiger partial charge in [0, 0.05) is 0 Å². The molecule has 1 aliphatic rings. The fourth-order valence-electron chi connectivity index (χ4n) is 2.38. The zero-order valence-electron chi connectivity index (χ0n) is 12.7. The summed E-state index contributed by atoms with van der Waals surface area (Å²) in [7, 11) is 0. The molecule has 0 spiro atoms. The van der Waals surface area contributed by atoms with Crippen molar-refractivity contribution in [3.63, 3.8) is 0 Å². The number of nitrogens with zero attached hydrogens (tertiary/aromatic N) is 1. The number of amides is 2. The SMILES string of the molecule is Cc1ccccc1/C=C1\NC(=S)N(C(=O)c2ccccc2Cl)C1=O. The van der Waals surface area contributed by atoms with Crippen molar-refractivity contribution in [2.75, 3.05) is 0 Å². The van der Waals surface area contributed by atoms with Crippen molar-refractivity contribution < 1.29 is 9.59 Å². The number of aryl methyl sites for hydroxylation is 1. The minimum absolute atomic E-state index is 0.0461. The van der Waals surface area contributed by atoms with Crippen LogP contribution < -0.4 is 5.32 Å². The smallest absolute Gasteiger partial charge is 0.283 e. The van der Waals surface area contributed by atoms with E-state index in [1.54, 1.807) is 30.3 Å². The zero-order valence-corrected chi connectivity index (χ0v) is 14.3. The van der Waals surface area contributed by atoms with E-state index in [4.69, 9.17) is 23.8 Å². The van der Waals surface area contributed by atoms with E-state index in [1.165, 1.54) is 0 Å². The van der Waals surface area contributed by atoms with Gasteiger partial charge in [-0.15, -0.1) is 0 Å². The summed E-state index contributed by atoms with van der Waals surface area (Å²) >= 11 is 11.2. The molecule has 0 bridgehead atoms. The molecule has 0 atom stereocenters. The molecule has 2 aromatic carbocycles. The third-order valence-corrected chi connectivity index (χ3v) is 4.29. The summed E-state index contributed by atoms with van der Waals surface area (Å²) in [5, 5.41) is 3.12. The van der Waals surface area contributed by atoms with E-state index in [-0.39, 0.29) is 21.4 Å². The zero-order chi connectivity index (χ0) is 17.3. The molecule has 1 aliphatic heterocycles. The van der Waals surface area contributed by atoms with Gasteiger partial charge in [0.05, 0.1) is 10.6 Å². The monoisotopic (exact) mass is 356 g/mol. The Morgan fingerprint density at radius 2 is 1.83 bits per heavy atom. The topological polar surface area (TPSA) is 49.4 Å². The Morgan fingerprint density at radius 3 is 2.54 bits per heavy atom. The lowest BCUT2D eigenvalue weighted by Gasteiger charge is -2.12. The highest BCUT2D eigenvalue weighted by atomic mass is 35.5. The van der Waals surface area contributed by atoms with Gasteiger partial charge in [-0.2, -0.15) is 0 Å². The molecule has 0 unspecified atom stereocenters. The fourth-order valence-corrected chi connectivity index (χ4v) is 2.87. The number of nitrogens with one attached hydrogen (secondary N) is 1. The summed E-state index contributed by atoms with van der Waals surface area (Å²) in [6, 6.07) is 14.2. The van der Waals surface area contributed by atoms with Crippen LogP contribution in [-0.2, 0) is 4.79 Å². The molecule has 4 nitrogen and oxygen atoms in total. The summed E-state index contributed by atoms with van der Waals surface area (Å²) in [5.41, 5.74) is 2.38. The molecule has 0 aliphatic carbocycles. The number of rotatable bonds is 2. The van der Waals surface area contributed by atoms with Crippen LogP contribution in [0.5, 0.6) is 0 Å². The van der Waals surface area contributed by atoms with E-state index in [2.05, 4.69) is 5.32 Å². The minimum Gasteiger partial charge on any atom is -0.327 e. The average Bonchev–Trinajstić information content (AvgIpc) is 2.83. The maximum atomic E-state index is 12.6. The lowest BCUT2D eigenvalue weighted by Crippen LogP contribution is -2.36. The Kier molecular flexibility index (Phi) is 4.46. The molecule has 1 saturated heterocycles. The molecule has 6 heteroatoms. The number of hydrogen-bond acceptors (Lipinski definition) is 3. The first kappa shape index (κ1) is 16.4.